The molecule has 0 aliphatic carbocycles. The molecule has 0 aromatic rings. The highest BCUT2D eigenvalue weighted by Crippen LogP contribution is 2.23. The predicted molar refractivity (Wildman–Crippen MR) is 42.0 cm³/mol. The highest BCUT2D eigenvalue weighted by Gasteiger charge is 2.53. The Morgan fingerprint density at radius 1 is 1.29 bits per heavy atom. The molecule has 0 aromatic carbocycles. The molecule has 6 nitrogen and oxygen atoms in total. The summed E-state index contributed by atoms with van der Waals surface area (Å²) in [6.07, 6.45) is 1.97. The zero-order valence-electron chi connectivity index (χ0n) is 7.60. The summed E-state index contributed by atoms with van der Waals surface area (Å²) in [5, 5.41) is 0. The number of cyclic esters (lactones) is 1. The van der Waals surface area contributed by atoms with Gasteiger partial charge in [0.05, 0.1) is 14.2 Å². The lowest BCUT2D eigenvalue weighted by molar-refractivity contribution is -0.183. The van der Waals surface area contributed by atoms with Crippen LogP contribution in [0.5, 0.6) is 0 Å². The van der Waals surface area contributed by atoms with E-state index in [1.54, 1.807) is 0 Å². The van der Waals surface area contributed by atoms with Crippen LogP contribution in [0.3, 0.4) is 0 Å². The van der Waals surface area contributed by atoms with Crippen LogP contribution in [-0.4, -0.2) is 37.7 Å². The lowest BCUT2D eigenvalue weighted by Gasteiger charge is -2.19. The van der Waals surface area contributed by atoms with Gasteiger partial charge in [-0.1, -0.05) is 0 Å². The van der Waals surface area contributed by atoms with E-state index in [4.69, 9.17) is 0 Å². The molecule has 6 heteroatoms. The second-order valence-electron chi connectivity index (χ2n) is 2.47. The van der Waals surface area contributed by atoms with E-state index >= 15 is 0 Å². The molecule has 0 bridgehead atoms. The average molecular weight is 200 g/mol. The molecule has 0 spiro atoms. The molecule has 0 saturated carbocycles. The molecule has 0 radical (unpaired) electrons. The van der Waals surface area contributed by atoms with Crippen LogP contribution < -0.4 is 0 Å². The highest BCUT2D eigenvalue weighted by atomic mass is 16.6. The van der Waals surface area contributed by atoms with Gasteiger partial charge in [0.15, 0.2) is 0 Å². The molecule has 14 heavy (non-hydrogen) atoms. The van der Waals surface area contributed by atoms with Crippen LogP contribution in [0.1, 0.15) is 0 Å². The summed E-state index contributed by atoms with van der Waals surface area (Å²) in [4.78, 5) is 33.2. The van der Waals surface area contributed by atoms with Crippen LogP contribution in [0.2, 0.25) is 0 Å². The Hall–Kier alpha value is -1.85. The molecule has 1 aliphatic rings. The van der Waals surface area contributed by atoms with Gasteiger partial charge in [-0.3, -0.25) is 0 Å². The van der Waals surface area contributed by atoms with Crippen molar-refractivity contribution in [3.63, 3.8) is 0 Å². The number of carbonyl (C=O) groups is 3. The van der Waals surface area contributed by atoms with Crippen molar-refractivity contribution in [2.45, 2.75) is 5.60 Å². The number of esters is 3. The zero-order chi connectivity index (χ0) is 10.8. The Balaban J connectivity index is 3.05. The first kappa shape index (κ1) is 10.2. The van der Waals surface area contributed by atoms with Crippen molar-refractivity contribution in [2.75, 3.05) is 14.2 Å². The summed E-state index contributed by atoms with van der Waals surface area (Å²) in [5.74, 6) is -2.78. The van der Waals surface area contributed by atoms with Gasteiger partial charge >= 0.3 is 23.5 Å². The van der Waals surface area contributed by atoms with Crippen molar-refractivity contribution < 1.29 is 28.6 Å². The van der Waals surface area contributed by atoms with Gasteiger partial charge < -0.3 is 14.2 Å². The second-order valence-corrected chi connectivity index (χ2v) is 2.47. The van der Waals surface area contributed by atoms with Gasteiger partial charge in [0.25, 0.3) is 0 Å². The maximum Gasteiger partial charge on any atom is 0.366 e. The quantitative estimate of drug-likeness (QED) is 0.329. The first-order valence-corrected chi connectivity index (χ1v) is 3.66. The fourth-order valence-electron chi connectivity index (χ4n) is 1.02. The molecule has 0 atom stereocenters. The Bertz CT molecular complexity index is 300. The summed E-state index contributed by atoms with van der Waals surface area (Å²) in [6.45, 7) is 0. The lowest BCUT2D eigenvalue weighted by Crippen LogP contribution is -2.47. The zero-order valence-corrected chi connectivity index (χ0v) is 7.60. The van der Waals surface area contributed by atoms with Crippen molar-refractivity contribution in [1.29, 1.82) is 0 Å². The fourth-order valence-corrected chi connectivity index (χ4v) is 1.02. The van der Waals surface area contributed by atoms with Gasteiger partial charge in [-0.15, -0.1) is 0 Å². The van der Waals surface area contributed by atoms with E-state index in [2.05, 4.69) is 14.2 Å². The molecule has 1 aliphatic heterocycles. The summed E-state index contributed by atoms with van der Waals surface area (Å²) in [6, 6.07) is 0. The number of carbonyl (C=O) groups excluding carboxylic acids is 3. The number of methoxy groups -OCH3 is 2. The Morgan fingerprint density at radius 2 is 1.79 bits per heavy atom. The van der Waals surface area contributed by atoms with E-state index in [9.17, 15) is 14.4 Å². The normalized spacial score (nSPS) is 17.4. The molecule has 0 unspecified atom stereocenters. The first-order chi connectivity index (χ1) is 6.56. The second kappa shape index (κ2) is 3.49. The molecule has 0 aromatic heterocycles. The minimum Gasteiger partial charge on any atom is -0.465 e. The van der Waals surface area contributed by atoms with E-state index in [-0.39, 0.29) is 0 Å². The molecule has 0 amide bonds. The van der Waals surface area contributed by atoms with E-state index in [0.717, 1.165) is 26.4 Å². The van der Waals surface area contributed by atoms with Crippen LogP contribution in [-0.2, 0) is 28.6 Å². The number of ether oxygens (including phenoxy) is 3. The summed E-state index contributed by atoms with van der Waals surface area (Å²) < 4.78 is 13.2. The summed E-state index contributed by atoms with van der Waals surface area (Å²) >= 11 is 0. The number of rotatable bonds is 2. The third-order valence-corrected chi connectivity index (χ3v) is 1.69. The molecular formula is C8H8O6. The van der Waals surface area contributed by atoms with Gasteiger partial charge in [-0.2, -0.15) is 0 Å². The molecule has 1 rings (SSSR count). The lowest BCUT2D eigenvalue weighted by atomic mass is 10.1. The smallest absolute Gasteiger partial charge is 0.366 e. The van der Waals surface area contributed by atoms with Crippen molar-refractivity contribution in [1.82, 2.24) is 0 Å². The summed E-state index contributed by atoms with van der Waals surface area (Å²) in [7, 11) is 2.15. The van der Waals surface area contributed by atoms with Gasteiger partial charge in [-0.05, 0) is 6.08 Å². The average Bonchev–Trinajstić information content (AvgIpc) is 2.59. The minimum atomic E-state index is -2.07. The standard InChI is InChI=1S/C8H8O6/c1-12-6(10)8(7(11)13-2)4-3-5(9)14-8/h3-4H,1-2H3. The minimum absolute atomic E-state index is 0.791. The first-order valence-electron chi connectivity index (χ1n) is 3.66. The third-order valence-electron chi connectivity index (χ3n) is 1.69. The van der Waals surface area contributed by atoms with Gasteiger partial charge in [0, 0.05) is 6.08 Å². The Labute approximate surface area is 79.4 Å². The molecule has 76 valence electrons. The van der Waals surface area contributed by atoms with Gasteiger partial charge in [-0.25, -0.2) is 14.4 Å². The molecule has 0 fully saturated rings. The van der Waals surface area contributed by atoms with E-state index < -0.39 is 23.5 Å². The largest absolute Gasteiger partial charge is 0.465 e. The van der Waals surface area contributed by atoms with Crippen LogP contribution in [0.25, 0.3) is 0 Å². The Kier molecular flexibility index (Phi) is 2.55. The molecular weight excluding hydrogens is 192 g/mol. The number of hydrogen-bond acceptors (Lipinski definition) is 6. The van der Waals surface area contributed by atoms with Crippen molar-refractivity contribution in [2.24, 2.45) is 0 Å². The number of hydrogen-bond donors (Lipinski definition) is 0. The van der Waals surface area contributed by atoms with Crippen LogP contribution in [0.4, 0.5) is 0 Å². The molecule has 1 heterocycles. The topological polar surface area (TPSA) is 78.9 Å². The van der Waals surface area contributed by atoms with E-state index in [1.165, 1.54) is 0 Å². The molecule has 0 N–H and O–H groups in total. The van der Waals surface area contributed by atoms with Gasteiger partial charge in [0.2, 0.25) is 0 Å². The SMILES string of the molecule is COC(=O)C1(C(=O)OC)C=CC(=O)O1. The van der Waals surface area contributed by atoms with E-state index in [0.29, 0.717) is 0 Å². The fraction of sp³-hybridized carbons (Fsp3) is 0.375. The van der Waals surface area contributed by atoms with Crippen molar-refractivity contribution in [3.05, 3.63) is 12.2 Å². The monoisotopic (exact) mass is 200 g/mol. The van der Waals surface area contributed by atoms with Gasteiger partial charge in [0.1, 0.15) is 0 Å². The summed E-state index contributed by atoms with van der Waals surface area (Å²) in [5.41, 5.74) is -2.07. The highest BCUT2D eigenvalue weighted by molar-refractivity contribution is 6.11. The van der Waals surface area contributed by atoms with Crippen LogP contribution in [0, 0.1) is 0 Å². The Morgan fingerprint density at radius 3 is 2.07 bits per heavy atom. The predicted octanol–water partition coefficient (Wildman–Crippen LogP) is -0.816. The van der Waals surface area contributed by atoms with Crippen molar-refractivity contribution in [3.8, 4) is 0 Å². The van der Waals surface area contributed by atoms with Crippen molar-refractivity contribution >= 4 is 17.9 Å². The maximum atomic E-state index is 11.2. The molecule has 0 saturated heterocycles. The van der Waals surface area contributed by atoms with Crippen LogP contribution in [0.15, 0.2) is 12.2 Å². The maximum absolute atomic E-state index is 11.2. The van der Waals surface area contributed by atoms with E-state index in [1.807, 2.05) is 0 Å². The third kappa shape index (κ3) is 1.34. The van der Waals surface area contributed by atoms with Crippen LogP contribution >= 0.6 is 0 Å².